The summed E-state index contributed by atoms with van der Waals surface area (Å²) in [6, 6.07) is 18.6. The van der Waals surface area contributed by atoms with Gasteiger partial charge < -0.3 is 19.5 Å². The maximum absolute atomic E-state index is 14.4. The first-order valence-corrected chi connectivity index (χ1v) is 19.1. The normalized spacial score (nSPS) is 20.8. The Balaban J connectivity index is 1.67. The summed E-state index contributed by atoms with van der Waals surface area (Å²) in [7, 11) is -6.23. The minimum Gasteiger partial charge on any atom is -0.490 e. The number of nitrogens with zero attached hydrogens (tertiary/aromatic N) is 2. The molecule has 0 bridgehead atoms. The van der Waals surface area contributed by atoms with Crippen molar-refractivity contribution in [1.82, 2.24) is 9.21 Å². The summed E-state index contributed by atoms with van der Waals surface area (Å²) in [5.41, 5.74) is 1.26. The first kappa shape index (κ1) is 37.3. The molecule has 2 N–H and O–H groups in total. The fraction of sp³-hybridized carbons (Fsp3) is 0.457. The Morgan fingerprint density at radius 3 is 2.33 bits per heavy atom. The first-order valence-electron chi connectivity index (χ1n) is 16.2. The zero-order valence-electron chi connectivity index (χ0n) is 28.2. The number of aliphatic hydroxyl groups excluding tert-OH is 1. The summed E-state index contributed by atoms with van der Waals surface area (Å²) in [4.78, 5) is 16.1. The average Bonchev–Trinajstić information content (AvgIpc) is 3.06. The van der Waals surface area contributed by atoms with Gasteiger partial charge in [-0.3, -0.25) is 9.52 Å². The van der Waals surface area contributed by atoms with Gasteiger partial charge in [0.15, 0.2) is 0 Å². The second-order valence-corrected chi connectivity index (χ2v) is 16.3. The third kappa shape index (κ3) is 9.35. The summed E-state index contributed by atoms with van der Waals surface area (Å²) in [6.45, 7) is 7.62. The van der Waals surface area contributed by atoms with Gasteiger partial charge in [0.25, 0.3) is 15.9 Å². The molecule has 11 nitrogen and oxygen atoms in total. The van der Waals surface area contributed by atoms with Gasteiger partial charge in [-0.2, -0.15) is 4.31 Å². The highest BCUT2D eigenvalue weighted by molar-refractivity contribution is 7.92. The number of nitrogens with one attached hydrogen (secondary N) is 1. The molecule has 4 atom stereocenters. The highest BCUT2D eigenvalue weighted by Gasteiger charge is 2.32. The van der Waals surface area contributed by atoms with Crippen LogP contribution in [0.5, 0.6) is 5.75 Å². The number of hydrogen-bond donors (Lipinski definition) is 2. The molecule has 0 saturated heterocycles. The van der Waals surface area contributed by atoms with Crippen molar-refractivity contribution in [3.8, 4) is 5.75 Å². The predicted octanol–water partition coefficient (Wildman–Crippen LogP) is 4.91. The van der Waals surface area contributed by atoms with Gasteiger partial charge in [0.05, 0.1) is 40.2 Å². The third-order valence-corrected chi connectivity index (χ3v) is 11.8. The molecule has 0 unspecified atom stereocenters. The molecule has 0 fully saturated rings. The van der Waals surface area contributed by atoms with Crippen LogP contribution in [-0.4, -0.2) is 88.7 Å². The Kier molecular flexibility index (Phi) is 12.7. The van der Waals surface area contributed by atoms with E-state index in [0.29, 0.717) is 25.2 Å². The molecule has 4 rings (SSSR count). The standard InChI is InChI=1S/C35H47N3O8S2/c1-25-14-17-31(18-15-25)48(43,44)37(5)23-34-26(2)22-38(27(3)24-39)35(40)32-21-29(36-47(41,42)30-12-7-6-8-13-30)16-19-33(32)46-28(4)11-9-10-20-45-34/h6-8,12-19,21,26-28,34,36,39H,9-11,20,22-24H2,1-5H3/t26-,27+,28-,34+/m0/s1. The van der Waals surface area contributed by atoms with Crippen molar-refractivity contribution in [2.45, 2.75) is 75.0 Å². The van der Waals surface area contributed by atoms with Crippen molar-refractivity contribution in [3.05, 3.63) is 83.9 Å². The third-order valence-electron chi connectivity index (χ3n) is 8.52. The molecule has 1 aliphatic heterocycles. The highest BCUT2D eigenvalue weighted by atomic mass is 32.2. The van der Waals surface area contributed by atoms with Gasteiger partial charge in [0.1, 0.15) is 5.75 Å². The van der Waals surface area contributed by atoms with Gasteiger partial charge in [0, 0.05) is 38.3 Å². The number of amides is 1. The Hall–Kier alpha value is -3.49. The van der Waals surface area contributed by atoms with Gasteiger partial charge in [-0.25, -0.2) is 16.8 Å². The monoisotopic (exact) mass is 701 g/mol. The molecule has 1 amide bonds. The number of aliphatic hydroxyl groups is 1. The molecule has 262 valence electrons. The molecule has 0 spiro atoms. The first-order chi connectivity index (χ1) is 22.7. The number of benzene rings is 3. The van der Waals surface area contributed by atoms with E-state index >= 15 is 0 Å². The van der Waals surface area contributed by atoms with Crippen LogP contribution in [0.4, 0.5) is 5.69 Å². The van der Waals surface area contributed by atoms with Crippen LogP contribution >= 0.6 is 0 Å². The van der Waals surface area contributed by atoms with Crippen LogP contribution in [0.15, 0.2) is 82.6 Å². The van der Waals surface area contributed by atoms with E-state index < -0.39 is 38.1 Å². The van der Waals surface area contributed by atoms with Crippen LogP contribution in [0, 0.1) is 12.8 Å². The van der Waals surface area contributed by atoms with Crippen LogP contribution in [0.1, 0.15) is 56.0 Å². The average molecular weight is 702 g/mol. The van der Waals surface area contributed by atoms with E-state index in [9.17, 15) is 26.7 Å². The van der Waals surface area contributed by atoms with E-state index in [-0.39, 0.29) is 52.8 Å². The second kappa shape index (κ2) is 16.3. The summed E-state index contributed by atoms with van der Waals surface area (Å²) >= 11 is 0. The lowest BCUT2D eigenvalue weighted by atomic mass is 10.0. The zero-order chi connectivity index (χ0) is 35.1. The lowest BCUT2D eigenvalue weighted by molar-refractivity contribution is -0.00833. The number of fused-ring (bicyclic) bond motifs is 1. The van der Waals surface area contributed by atoms with E-state index in [1.807, 2.05) is 20.8 Å². The van der Waals surface area contributed by atoms with Gasteiger partial charge >= 0.3 is 0 Å². The smallest absolute Gasteiger partial charge is 0.261 e. The van der Waals surface area contributed by atoms with Gasteiger partial charge in [0.2, 0.25) is 10.0 Å². The van der Waals surface area contributed by atoms with Crippen LogP contribution in [0.2, 0.25) is 0 Å². The van der Waals surface area contributed by atoms with E-state index in [2.05, 4.69) is 4.72 Å². The quantitative estimate of drug-likeness (QED) is 0.321. The number of carbonyl (C=O) groups excluding carboxylic acids is 1. The van der Waals surface area contributed by atoms with Gasteiger partial charge in [-0.15, -0.1) is 0 Å². The number of hydrogen-bond acceptors (Lipinski definition) is 8. The summed E-state index contributed by atoms with van der Waals surface area (Å²) in [5.74, 6) is -0.529. The minimum absolute atomic E-state index is 0.0500. The van der Waals surface area contributed by atoms with E-state index in [0.717, 1.165) is 12.0 Å². The molecule has 0 aliphatic carbocycles. The predicted molar refractivity (Wildman–Crippen MR) is 185 cm³/mol. The SMILES string of the molecule is Cc1ccc(S(=O)(=O)N(C)C[C@H]2OCCCC[C@H](C)Oc3ccc(NS(=O)(=O)c4ccccc4)cc3C(=O)N([C@H](C)CO)C[C@@H]2C)cc1. The van der Waals surface area contributed by atoms with Crippen molar-refractivity contribution in [1.29, 1.82) is 0 Å². The van der Waals surface area contributed by atoms with Gasteiger partial charge in [-0.05, 0) is 82.5 Å². The topological polar surface area (TPSA) is 143 Å². The number of rotatable bonds is 9. The molecule has 0 radical (unpaired) electrons. The van der Waals surface area contributed by atoms with E-state index in [4.69, 9.17) is 9.47 Å². The second-order valence-electron chi connectivity index (χ2n) is 12.5. The summed E-state index contributed by atoms with van der Waals surface area (Å²) < 4.78 is 69.5. The van der Waals surface area contributed by atoms with Gasteiger partial charge in [-0.1, -0.05) is 42.8 Å². The fourth-order valence-electron chi connectivity index (χ4n) is 5.50. The largest absolute Gasteiger partial charge is 0.490 e. The van der Waals surface area contributed by atoms with Crippen LogP contribution in [0.3, 0.4) is 0 Å². The van der Waals surface area contributed by atoms with Crippen molar-refractivity contribution < 1.29 is 36.2 Å². The number of carbonyl (C=O) groups is 1. The summed E-state index contributed by atoms with van der Waals surface area (Å²) in [6.07, 6.45) is 1.31. The van der Waals surface area contributed by atoms with Crippen LogP contribution in [0.25, 0.3) is 0 Å². The number of anilines is 1. The Morgan fingerprint density at radius 1 is 0.979 bits per heavy atom. The number of sulfonamides is 2. The maximum atomic E-state index is 14.4. The van der Waals surface area contributed by atoms with Crippen molar-refractivity contribution >= 4 is 31.6 Å². The molecule has 1 heterocycles. The molecule has 48 heavy (non-hydrogen) atoms. The van der Waals surface area contributed by atoms with Crippen molar-refractivity contribution in [3.63, 3.8) is 0 Å². The summed E-state index contributed by atoms with van der Waals surface area (Å²) in [5, 5.41) is 10.2. The molecule has 1 aliphatic rings. The Morgan fingerprint density at radius 2 is 1.67 bits per heavy atom. The molecule has 13 heteroatoms. The molecule has 0 aromatic heterocycles. The van der Waals surface area contributed by atoms with Crippen molar-refractivity contribution in [2.75, 3.05) is 38.1 Å². The lowest BCUT2D eigenvalue weighted by Gasteiger charge is -2.35. The van der Waals surface area contributed by atoms with E-state index in [1.54, 1.807) is 61.5 Å². The molecular weight excluding hydrogens is 655 g/mol. The van der Waals surface area contributed by atoms with Crippen LogP contribution in [-0.2, 0) is 24.8 Å². The molecule has 3 aromatic carbocycles. The van der Waals surface area contributed by atoms with Crippen molar-refractivity contribution in [2.24, 2.45) is 5.92 Å². The molecular formula is C35H47N3O8S2. The minimum atomic E-state index is -3.94. The number of likely N-dealkylation sites (N-methyl/N-ethyl adjacent to an activating group) is 1. The molecule has 0 saturated carbocycles. The van der Waals surface area contributed by atoms with Crippen LogP contribution < -0.4 is 9.46 Å². The Labute approximate surface area is 285 Å². The lowest BCUT2D eigenvalue weighted by Crippen LogP contribution is -2.48. The number of aryl methyl sites for hydroxylation is 1. The van der Waals surface area contributed by atoms with E-state index in [1.165, 1.54) is 34.5 Å². The Bertz CT molecular complexity index is 1740. The zero-order valence-corrected chi connectivity index (χ0v) is 29.8. The number of ether oxygens (including phenoxy) is 2. The molecule has 3 aromatic rings. The fourth-order valence-corrected chi connectivity index (χ4v) is 7.76. The highest BCUT2D eigenvalue weighted by Crippen LogP contribution is 2.30. The maximum Gasteiger partial charge on any atom is 0.261 e.